The average molecular weight is 266 g/mol. The molecule has 0 aliphatic heterocycles. The van der Waals surface area contributed by atoms with Gasteiger partial charge in [0, 0.05) is 27.2 Å². The Balaban J connectivity index is 1.94. The van der Waals surface area contributed by atoms with Crippen LogP contribution in [0.1, 0.15) is 6.42 Å². The number of nitrogens with zero attached hydrogens (tertiary/aromatic N) is 5. The van der Waals surface area contributed by atoms with E-state index in [4.69, 9.17) is 4.74 Å². The molecule has 2 aromatic rings. The van der Waals surface area contributed by atoms with Crippen molar-refractivity contribution in [1.29, 1.82) is 0 Å². The van der Waals surface area contributed by atoms with E-state index < -0.39 is 0 Å². The van der Waals surface area contributed by atoms with Crippen molar-refractivity contribution in [3.63, 3.8) is 0 Å². The number of nitrogens with one attached hydrogen (secondary N) is 1. The molecule has 2 heterocycles. The third-order valence-electron chi connectivity index (χ3n) is 2.83. The SMILES string of the molecule is COCCNCCCn1nnc2c(cnn2C)c1=O. The minimum Gasteiger partial charge on any atom is -0.383 e. The van der Waals surface area contributed by atoms with Crippen LogP contribution in [0, 0.1) is 0 Å². The Labute approximate surface area is 110 Å². The van der Waals surface area contributed by atoms with Crippen molar-refractivity contribution < 1.29 is 4.74 Å². The molecule has 1 N–H and O–H groups in total. The van der Waals surface area contributed by atoms with Gasteiger partial charge in [0.15, 0.2) is 5.65 Å². The van der Waals surface area contributed by atoms with Gasteiger partial charge >= 0.3 is 0 Å². The second-order valence-corrected chi connectivity index (χ2v) is 4.22. The van der Waals surface area contributed by atoms with Gasteiger partial charge in [-0.05, 0) is 13.0 Å². The standard InChI is InChI=1S/C11H18N6O2/c1-16-10-9(8-13-16)11(18)17(15-14-10)6-3-4-12-5-7-19-2/h8,12H,3-7H2,1-2H3. The molecule has 0 aliphatic rings. The zero-order valence-electron chi connectivity index (χ0n) is 11.2. The lowest BCUT2D eigenvalue weighted by Crippen LogP contribution is -2.27. The third kappa shape index (κ3) is 3.15. The lowest BCUT2D eigenvalue weighted by Gasteiger charge is -2.05. The normalized spacial score (nSPS) is 11.3. The predicted molar refractivity (Wildman–Crippen MR) is 69.9 cm³/mol. The molecule has 0 bridgehead atoms. The first-order chi connectivity index (χ1) is 9.24. The maximum Gasteiger partial charge on any atom is 0.280 e. The van der Waals surface area contributed by atoms with Crippen molar-refractivity contribution in [2.75, 3.05) is 26.8 Å². The van der Waals surface area contributed by atoms with Crippen molar-refractivity contribution in [1.82, 2.24) is 30.1 Å². The molecule has 0 saturated heterocycles. The Kier molecular flexibility index (Phi) is 4.58. The fourth-order valence-corrected chi connectivity index (χ4v) is 1.78. The molecule has 19 heavy (non-hydrogen) atoms. The van der Waals surface area contributed by atoms with Crippen molar-refractivity contribution in [2.45, 2.75) is 13.0 Å². The van der Waals surface area contributed by atoms with E-state index >= 15 is 0 Å². The lowest BCUT2D eigenvalue weighted by molar-refractivity contribution is 0.199. The largest absolute Gasteiger partial charge is 0.383 e. The minimum absolute atomic E-state index is 0.144. The van der Waals surface area contributed by atoms with Gasteiger partial charge in [-0.3, -0.25) is 4.79 Å². The maximum atomic E-state index is 12.1. The molecule has 0 unspecified atom stereocenters. The molecule has 0 radical (unpaired) electrons. The van der Waals surface area contributed by atoms with Gasteiger partial charge in [-0.2, -0.15) is 5.10 Å². The number of aryl methyl sites for hydroxylation is 2. The molecule has 8 heteroatoms. The molecule has 0 fully saturated rings. The van der Waals surface area contributed by atoms with Crippen molar-refractivity contribution in [3.05, 3.63) is 16.6 Å². The first-order valence-electron chi connectivity index (χ1n) is 6.19. The van der Waals surface area contributed by atoms with Crippen LogP contribution in [0.5, 0.6) is 0 Å². The summed E-state index contributed by atoms with van der Waals surface area (Å²) in [6, 6.07) is 0. The van der Waals surface area contributed by atoms with Crippen LogP contribution in [0.15, 0.2) is 11.0 Å². The number of ether oxygens (including phenoxy) is 1. The number of aromatic nitrogens is 5. The van der Waals surface area contributed by atoms with Crippen LogP contribution in [-0.2, 0) is 18.3 Å². The molecule has 0 saturated carbocycles. The monoisotopic (exact) mass is 266 g/mol. The highest BCUT2D eigenvalue weighted by atomic mass is 16.5. The fourth-order valence-electron chi connectivity index (χ4n) is 1.78. The molecule has 2 rings (SSSR count). The molecular weight excluding hydrogens is 248 g/mol. The minimum atomic E-state index is -0.144. The van der Waals surface area contributed by atoms with Crippen LogP contribution in [0.25, 0.3) is 11.0 Å². The smallest absolute Gasteiger partial charge is 0.280 e. The fraction of sp³-hybridized carbons (Fsp3) is 0.636. The summed E-state index contributed by atoms with van der Waals surface area (Å²) in [6.07, 6.45) is 2.34. The van der Waals surface area contributed by atoms with Gasteiger partial charge in [-0.1, -0.05) is 5.21 Å². The van der Waals surface area contributed by atoms with Crippen LogP contribution < -0.4 is 10.9 Å². The van der Waals surface area contributed by atoms with Crippen LogP contribution >= 0.6 is 0 Å². The summed E-state index contributed by atoms with van der Waals surface area (Å²) in [7, 11) is 3.40. The van der Waals surface area contributed by atoms with E-state index in [1.807, 2.05) is 0 Å². The molecular formula is C11H18N6O2. The summed E-state index contributed by atoms with van der Waals surface area (Å²) in [6.45, 7) is 2.83. The van der Waals surface area contributed by atoms with Gasteiger partial charge in [0.05, 0.1) is 12.8 Å². The highest BCUT2D eigenvalue weighted by Gasteiger charge is 2.08. The van der Waals surface area contributed by atoms with E-state index in [9.17, 15) is 4.79 Å². The van der Waals surface area contributed by atoms with Crippen molar-refractivity contribution in [2.24, 2.45) is 7.05 Å². The first-order valence-corrected chi connectivity index (χ1v) is 6.19. The molecule has 0 aliphatic carbocycles. The van der Waals surface area contributed by atoms with Gasteiger partial charge in [0.1, 0.15) is 5.39 Å². The Bertz CT molecular complexity index is 590. The zero-order valence-corrected chi connectivity index (χ0v) is 11.2. The van der Waals surface area contributed by atoms with Crippen LogP contribution in [0.3, 0.4) is 0 Å². The average Bonchev–Trinajstić information content (AvgIpc) is 2.78. The number of methoxy groups -OCH3 is 1. The van der Waals surface area contributed by atoms with E-state index in [0.717, 1.165) is 19.5 Å². The van der Waals surface area contributed by atoms with Crippen LogP contribution in [0.4, 0.5) is 0 Å². The summed E-state index contributed by atoms with van der Waals surface area (Å²) in [4.78, 5) is 12.1. The quantitative estimate of drug-likeness (QED) is 0.657. The van der Waals surface area contributed by atoms with Gasteiger partial charge in [0.25, 0.3) is 5.56 Å². The molecule has 8 nitrogen and oxygen atoms in total. The molecule has 2 aromatic heterocycles. The van der Waals surface area contributed by atoms with E-state index in [2.05, 4.69) is 20.7 Å². The number of hydrogen-bond acceptors (Lipinski definition) is 6. The molecule has 0 aromatic carbocycles. The Morgan fingerprint density at radius 1 is 1.42 bits per heavy atom. The number of hydrogen-bond donors (Lipinski definition) is 1. The highest BCUT2D eigenvalue weighted by molar-refractivity contribution is 5.72. The molecule has 104 valence electrons. The van der Waals surface area contributed by atoms with Gasteiger partial charge in [-0.25, -0.2) is 9.36 Å². The molecule has 0 amide bonds. The topological polar surface area (TPSA) is 86.9 Å². The second kappa shape index (κ2) is 6.39. The first kappa shape index (κ1) is 13.6. The third-order valence-corrected chi connectivity index (χ3v) is 2.83. The Morgan fingerprint density at radius 3 is 3.05 bits per heavy atom. The van der Waals surface area contributed by atoms with Gasteiger partial charge in [0.2, 0.25) is 0 Å². The predicted octanol–water partition coefficient (Wildman–Crippen LogP) is -0.849. The summed E-state index contributed by atoms with van der Waals surface area (Å²) in [5.74, 6) is 0. The molecule has 0 atom stereocenters. The van der Waals surface area contributed by atoms with Crippen LogP contribution in [0.2, 0.25) is 0 Å². The summed E-state index contributed by atoms with van der Waals surface area (Å²) in [5.41, 5.74) is 0.370. The lowest BCUT2D eigenvalue weighted by atomic mass is 10.4. The van der Waals surface area contributed by atoms with E-state index in [0.29, 0.717) is 24.2 Å². The molecule has 0 spiro atoms. The van der Waals surface area contributed by atoms with E-state index in [1.165, 1.54) is 10.9 Å². The summed E-state index contributed by atoms with van der Waals surface area (Å²) < 4.78 is 7.85. The van der Waals surface area contributed by atoms with E-state index in [1.54, 1.807) is 18.8 Å². The van der Waals surface area contributed by atoms with Crippen molar-refractivity contribution in [3.8, 4) is 0 Å². The zero-order chi connectivity index (χ0) is 13.7. The number of rotatable bonds is 7. The number of fused-ring (bicyclic) bond motifs is 1. The Morgan fingerprint density at radius 2 is 2.26 bits per heavy atom. The summed E-state index contributed by atoms with van der Waals surface area (Å²) in [5, 5.41) is 15.6. The Hall–Kier alpha value is -1.80. The maximum absolute atomic E-state index is 12.1. The van der Waals surface area contributed by atoms with E-state index in [-0.39, 0.29) is 5.56 Å². The van der Waals surface area contributed by atoms with Gasteiger partial charge in [-0.15, -0.1) is 5.10 Å². The second-order valence-electron chi connectivity index (χ2n) is 4.22. The highest BCUT2D eigenvalue weighted by Crippen LogP contribution is 2.01. The van der Waals surface area contributed by atoms with Crippen LogP contribution in [-0.4, -0.2) is 51.6 Å². The summed E-state index contributed by atoms with van der Waals surface area (Å²) >= 11 is 0. The van der Waals surface area contributed by atoms with Gasteiger partial charge < -0.3 is 10.1 Å². The van der Waals surface area contributed by atoms with Crippen molar-refractivity contribution >= 4 is 11.0 Å².